The molecule has 3 saturated carbocycles. The van der Waals surface area contributed by atoms with Gasteiger partial charge in [-0.1, -0.05) is 19.8 Å². The first kappa shape index (κ1) is 8.28. The van der Waals surface area contributed by atoms with E-state index in [4.69, 9.17) is 0 Å². The smallest absolute Gasteiger partial charge is 0.0576 e. The van der Waals surface area contributed by atoms with Crippen LogP contribution in [0.25, 0.3) is 0 Å². The lowest BCUT2D eigenvalue weighted by molar-refractivity contribution is 0.0321. The second-order valence-electron chi connectivity index (χ2n) is 5.56. The lowest BCUT2D eigenvalue weighted by Crippen LogP contribution is -2.33. The number of rotatable bonds is 1. The summed E-state index contributed by atoms with van der Waals surface area (Å²) in [7, 11) is 0. The molecule has 0 heterocycles. The maximum Gasteiger partial charge on any atom is 0.0576 e. The molecule has 0 aromatic heterocycles. The predicted molar refractivity (Wildman–Crippen MR) is 52.3 cm³/mol. The molecule has 5 unspecified atom stereocenters. The Bertz CT molecular complexity index is 225. The third-order valence-electron chi connectivity index (χ3n) is 5.36. The van der Waals surface area contributed by atoms with Gasteiger partial charge in [0.25, 0.3) is 0 Å². The Hall–Kier alpha value is -0.0400. The highest BCUT2D eigenvalue weighted by Gasteiger charge is 2.61. The van der Waals surface area contributed by atoms with Gasteiger partial charge in [-0.05, 0) is 48.9 Å². The molecule has 5 atom stereocenters. The quantitative estimate of drug-likeness (QED) is 0.657. The first-order valence-electron chi connectivity index (χ1n) is 5.95. The summed E-state index contributed by atoms with van der Waals surface area (Å²) < 4.78 is 0. The molecule has 3 rings (SSSR count). The van der Waals surface area contributed by atoms with E-state index in [2.05, 4.69) is 6.92 Å². The largest absolute Gasteiger partial charge is 0.393 e. The molecule has 74 valence electrons. The summed E-state index contributed by atoms with van der Waals surface area (Å²) in [4.78, 5) is 0. The van der Waals surface area contributed by atoms with Crippen LogP contribution in [0.5, 0.6) is 0 Å². The fourth-order valence-corrected chi connectivity index (χ4v) is 4.81. The molecular weight excluding hydrogens is 160 g/mol. The molecule has 0 aromatic rings. The standard InChI is InChI=1S/C12H20O/c1-2-12-6-9(11(13)7-12)8-4-3-5-10(8)12/h8-11,13H,2-7H2,1H3. The van der Waals surface area contributed by atoms with Crippen LogP contribution < -0.4 is 0 Å². The predicted octanol–water partition coefficient (Wildman–Crippen LogP) is 2.58. The lowest BCUT2D eigenvalue weighted by atomic mass is 9.69. The number of aliphatic hydroxyl groups is 1. The fraction of sp³-hybridized carbons (Fsp3) is 1.00. The van der Waals surface area contributed by atoms with Gasteiger partial charge in [0.15, 0.2) is 0 Å². The third-order valence-corrected chi connectivity index (χ3v) is 5.36. The molecule has 3 aliphatic carbocycles. The van der Waals surface area contributed by atoms with E-state index in [1.54, 1.807) is 0 Å². The lowest BCUT2D eigenvalue weighted by Gasteiger charge is -2.37. The van der Waals surface area contributed by atoms with Gasteiger partial charge in [-0.3, -0.25) is 0 Å². The SMILES string of the molecule is CCC12CC(O)C(C1)C1CCCC12. The molecule has 0 aliphatic heterocycles. The highest BCUT2D eigenvalue weighted by molar-refractivity contribution is 5.10. The summed E-state index contributed by atoms with van der Waals surface area (Å²) in [5.74, 6) is 2.59. The van der Waals surface area contributed by atoms with Crippen molar-refractivity contribution in [2.75, 3.05) is 0 Å². The molecule has 1 nitrogen and oxygen atoms in total. The van der Waals surface area contributed by atoms with Crippen molar-refractivity contribution in [3.05, 3.63) is 0 Å². The Morgan fingerprint density at radius 3 is 2.85 bits per heavy atom. The second kappa shape index (κ2) is 2.50. The Morgan fingerprint density at radius 1 is 1.23 bits per heavy atom. The van der Waals surface area contributed by atoms with Crippen molar-refractivity contribution in [1.82, 2.24) is 0 Å². The molecule has 0 aromatic carbocycles. The van der Waals surface area contributed by atoms with E-state index in [-0.39, 0.29) is 6.10 Å². The van der Waals surface area contributed by atoms with Gasteiger partial charge in [0.2, 0.25) is 0 Å². The topological polar surface area (TPSA) is 20.2 Å². The van der Waals surface area contributed by atoms with Crippen LogP contribution in [0.1, 0.15) is 45.4 Å². The molecule has 13 heavy (non-hydrogen) atoms. The van der Waals surface area contributed by atoms with Crippen molar-refractivity contribution in [2.24, 2.45) is 23.2 Å². The summed E-state index contributed by atoms with van der Waals surface area (Å²) in [6.45, 7) is 2.33. The van der Waals surface area contributed by atoms with E-state index in [1.807, 2.05) is 0 Å². The van der Waals surface area contributed by atoms with E-state index < -0.39 is 0 Å². The monoisotopic (exact) mass is 180 g/mol. The van der Waals surface area contributed by atoms with Crippen molar-refractivity contribution < 1.29 is 5.11 Å². The summed E-state index contributed by atoms with van der Waals surface area (Å²) in [6, 6.07) is 0. The highest BCUT2D eigenvalue weighted by Crippen LogP contribution is 2.66. The summed E-state index contributed by atoms with van der Waals surface area (Å²) >= 11 is 0. The minimum Gasteiger partial charge on any atom is -0.393 e. The zero-order valence-electron chi connectivity index (χ0n) is 8.50. The first-order valence-corrected chi connectivity index (χ1v) is 5.95. The molecule has 0 saturated heterocycles. The first-order chi connectivity index (χ1) is 6.27. The summed E-state index contributed by atoms with van der Waals surface area (Å²) in [5.41, 5.74) is 0.575. The van der Waals surface area contributed by atoms with Gasteiger partial charge >= 0.3 is 0 Å². The average Bonchev–Trinajstić information content (AvgIpc) is 2.72. The molecule has 3 fully saturated rings. The second-order valence-corrected chi connectivity index (χ2v) is 5.56. The van der Waals surface area contributed by atoms with Gasteiger partial charge in [-0.15, -0.1) is 0 Å². The minimum absolute atomic E-state index is 0.0549. The van der Waals surface area contributed by atoms with E-state index in [0.717, 1.165) is 18.3 Å². The van der Waals surface area contributed by atoms with E-state index in [0.29, 0.717) is 11.3 Å². The van der Waals surface area contributed by atoms with Gasteiger partial charge in [-0.2, -0.15) is 0 Å². The summed E-state index contributed by atoms with van der Waals surface area (Å²) in [6.07, 6.45) is 8.13. The third kappa shape index (κ3) is 0.869. The Morgan fingerprint density at radius 2 is 2.08 bits per heavy atom. The molecule has 3 aliphatic rings. The average molecular weight is 180 g/mol. The molecule has 0 spiro atoms. The van der Waals surface area contributed by atoms with Gasteiger partial charge in [0, 0.05) is 0 Å². The molecule has 2 bridgehead atoms. The van der Waals surface area contributed by atoms with Crippen LogP contribution in [0.15, 0.2) is 0 Å². The zero-order chi connectivity index (χ0) is 9.05. The molecular formula is C12H20O. The number of hydrogen-bond donors (Lipinski definition) is 1. The van der Waals surface area contributed by atoms with Crippen LogP contribution >= 0.6 is 0 Å². The van der Waals surface area contributed by atoms with Gasteiger partial charge in [-0.25, -0.2) is 0 Å². The van der Waals surface area contributed by atoms with Crippen molar-refractivity contribution >= 4 is 0 Å². The highest BCUT2D eigenvalue weighted by atomic mass is 16.3. The van der Waals surface area contributed by atoms with Crippen molar-refractivity contribution in [1.29, 1.82) is 0 Å². The van der Waals surface area contributed by atoms with Crippen molar-refractivity contribution in [2.45, 2.75) is 51.6 Å². The van der Waals surface area contributed by atoms with E-state index in [1.165, 1.54) is 32.1 Å². The Labute approximate surface area is 80.5 Å². The molecule has 1 heteroatoms. The maximum absolute atomic E-state index is 9.96. The Kier molecular flexibility index (Phi) is 1.59. The number of hydrogen-bond acceptors (Lipinski definition) is 1. The summed E-state index contributed by atoms with van der Waals surface area (Å²) in [5, 5.41) is 9.96. The van der Waals surface area contributed by atoms with Crippen LogP contribution in [0.2, 0.25) is 0 Å². The van der Waals surface area contributed by atoms with Crippen molar-refractivity contribution in [3.63, 3.8) is 0 Å². The zero-order valence-corrected chi connectivity index (χ0v) is 8.50. The van der Waals surface area contributed by atoms with E-state index in [9.17, 15) is 5.11 Å². The van der Waals surface area contributed by atoms with E-state index >= 15 is 0 Å². The number of fused-ring (bicyclic) bond motifs is 5. The minimum atomic E-state index is 0.0549. The molecule has 0 radical (unpaired) electrons. The molecule has 1 N–H and O–H groups in total. The van der Waals surface area contributed by atoms with Crippen LogP contribution in [0.4, 0.5) is 0 Å². The molecule has 0 amide bonds. The van der Waals surface area contributed by atoms with Crippen LogP contribution in [0, 0.1) is 23.2 Å². The van der Waals surface area contributed by atoms with Crippen molar-refractivity contribution in [3.8, 4) is 0 Å². The van der Waals surface area contributed by atoms with Crippen LogP contribution in [-0.4, -0.2) is 11.2 Å². The number of aliphatic hydroxyl groups excluding tert-OH is 1. The van der Waals surface area contributed by atoms with Gasteiger partial charge in [0.05, 0.1) is 6.10 Å². The van der Waals surface area contributed by atoms with Crippen LogP contribution in [-0.2, 0) is 0 Å². The normalized spacial score (nSPS) is 58.6. The van der Waals surface area contributed by atoms with Gasteiger partial charge < -0.3 is 5.11 Å². The fourth-order valence-electron chi connectivity index (χ4n) is 4.81. The maximum atomic E-state index is 9.96. The van der Waals surface area contributed by atoms with Gasteiger partial charge in [0.1, 0.15) is 0 Å². The Balaban J connectivity index is 1.95. The van der Waals surface area contributed by atoms with Crippen LogP contribution in [0.3, 0.4) is 0 Å².